The van der Waals surface area contributed by atoms with Crippen LogP contribution in [0, 0.1) is 0 Å². The maximum Gasteiger partial charge on any atom is 0.115 e. The van der Waals surface area contributed by atoms with Gasteiger partial charge in [-0.25, -0.2) is 0 Å². The van der Waals surface area contributed by atoms with Crippen LogP contribution in [0.1, 0.15) is 11.7 Å². The van der Waals surface area contributed by atoms with E-state index >= 15 is 0 Å². The minimum absolute atomic E-state index is 0.0781. The molecule has 0 aliphatic rings. The van der Waals surface area contributed by atoms with Crippen LogP contribution in [-0.2, 0) is 4.74 Å². The van der Waals surface area contributed by atoms with E-state index in [2.05, 4.69) is 0 Å². The zero-order valence-corrected chi connectivity index (χ0v) is 7.03. The number of aromatic hydroxyl groups is 1. The van der Waals surface area contributed by atoms with Crippen LogP contribution in [0.3, 0.4) is 0 Å². The van der Waals surface area contributed by atoms with E-state index in [1.54, 1.807) is 31.4 Å². The van der Waals surface area contributed by atoms with E-state index in [-0.39, 0.29) is 11.9 Å². The maximum absolute atomic E-state index is 9.01. The number of benzene rings is 1. The van der Waals surface area contributed by atoms with Crippen LogP contribution in [0.5, 0.6) is 5.75 Å². The van der Waals surface area contributed by atoms with Gasteiger partial charge in [0.1, 0.15) is 5.75 Å². The van der Waals surface area contributed by atoms with Crippen molar-refractivity contribution < 1.29 is 9.84 Å². The van der Waals surface area contributed by atoms with E-state index in [9.17, 15) is 0 Å². The van der Waals surface area contributed by atoms with Crippen molar-refractivity contribution in [1.82, 2.24) is 0 Å². The van der Waals surface area contributed by atoms with Gasteiger partial charge in [-0.15, -0.1) is 0 Å². The summed E-state index contributed by atoms with van der Waals surface area (Å²) < 4.78 is 5.12. The molecule has 0 saturated carbocycles. The first-order chi connectivity index (χ1) is 5.77. The van der Waals surface area contributed by atoms with Crippen molar-refractivity contribution in [3.63, 3.8) is 0 Å². The van der Waals surface area contributed by atoms with Crippen molar-refractivity contribution in [2.45, 2.75) is 6.10 Å². The highest BCUT2D eigenvalue weighted by Gasteiger charge is 2.06. The molecule has 1 rings (SSSR count). The third-order valence-electron chi connectivity index (χ3n) is 1.76. The fourth-order valence-electron chi connectivity index (χ4n) is 1.06. The second-order valence-electron chi connectivity index (χ2n) is 2.55. The molecule has 0 radical (unpaired) electrons. The minimum Gasteiger partial charge on any atom is -0.508 e. The Morgan fingerprint density at radius 3 is 2.42 bits per heavy atom. The summed E-state index contributed by atoms with van der Waals surface area (Å²) >= 11 is 0. The standard InChI is InChI=1S/C9H13NO2/c1-12-9(6-10)7-2-4-8(11)5-3-7/h2-5,9,11H,6,10H2,1H3. The topological polar surface area (TPSA) is 55.5 Å². The summed E-state index contributed by atoms with van der Waals surface area (Å²) in [4.78, 5) is 0. The molecule has 3 N–H and O–H groups in total. The van der Waals surface area contributed by atoms with E-state index in [4.69, 9.17) is 15.6 Å². The molecule has 1 atom stereocenters. The Bertz CT molecular complexity index is 229. The van der Waals surface area contributed by atoms with E-state index in [0.717, 1.165) is 5.56 Å². The number of hydrogen-bond acceptors (Lipinski definition) is 3. The number of hydrogen-bond donors (Lipinski definition) is 2. The Balaban J connectivity index is 2.80. The molecule has 1 aromatic carbocycles. The Morgan fingerprint density at radius 2 is 2.00 bits per heavy atom. The van der Waals surface area contributed by atoms with Crippen molar-refractivity contribution in [2.75, 3.05) is 13.7 Å². The molecule has 0 bridgehead atoms. The predicted molar refractivity (Wildman–Crippen MR) is 46.9 cm³/mol. The van der Waals surface area contributed by atoms with Gasteiger partial charge < -0.3 is 15.6 Å². The number of ether oxygens (including phenoxy) is 1. The summed E-state index contributed by atoms with van der Waals surface area (Å²) in [5, 5.41) is 9.01. The lowest BCUT2D eigenvalue weighted by Gasteiger charge is -2.12. The molecule has 0 heterocycles. The zero-order valence-electron chi connectivity index (χ0n) is 7.03. The van der Waals surface area contributed by atoms with Crippen LogP contribution in [0.25, 0.3) is 0 Å². The molecule has 3 nitrogen and oxygen atoms in total. The fourth-order valence-corrected chi connectivity index (χ4v) is 1.06. The Morgan fingerprint density at radius 1 is 1.42 bits per heavy atom. The molecular weight excluding hydrogens is 154 g/mol. The lowest BCUT2D eigenvalue weighted by Crippen LogP contribution is -2.13. The Kier molecular flexibility index (Phi) is 3.08. The molecular formula is C9H13NO2. The molecule has 0 amide bonds. The fraction of sp³-hybridized carbons (Fsp3) is 0.333. The molecule has 0 aliphatic heterocycles. The van der Waals surface area contributed by atoms with Crippen LogP contribution in [0.15, 0.2) is 24.3 Å². The van der Waals surface area contributed by atoms with Gasteiger partial charge in [0.15, 0.2) is 0 Å². The van der Waals surface area contributed by atoms with Crippen LogP contribution in [0.2, 0.25) is 0 Å². The molecule has 0 aromatic heterocycles. The van der Waals surface area contributed by atoms with E-state index in [1.807, 2.05) is 0 Å². The van der Waals surface area contributed by atoms with E-state index < -0.39 is 0 Å². The van der Waals surface area contributed by atoms with Gasteiger partial charge in [0, 0.05) is 13.7 Å². The van der Waals surface area contributed by atoms with Gasteiger partial charge >= 0.3 is 0 Å². The molecule has 1 unspecified atom stereocenters. The van der Waals surface area contributed by atoms with Crippen molar-refractivity contribution in [2.24, 2.45) is 5.73 Å². The first-order valence-corrected chi connectivity index (χ1v) is 3.79. The third-order valence-corrected chi connectivity index (χ3v) is 1.76. The second-order valence-corrected chi connectivity index (χ2v) is 2.55. The lowest BCUT2D eigenvalue weighted by atomic mass is 10.1. The van der Waals surface area contributed by atoms with Crippen LogP contribution >= 0.6 is 0 Å². The SMILES string of the molecule is COC(CN)c1ccc(O)cc1. The summed E-state index contributed by atoms with van der Waals surface area (Å²) in [6.07, 6.45) is -0.0781. The highest BCUT2D eigenvalue weighted by Crippen LogP contribution is 2.17. The molecule has 0 spiro atoms. The Labute approximate surface area is 71.8 Å². The smallest absolute Gasteiger partial charge is 0.115 e. The van der Waals surface area contributed by atoms with Crippen LogP contribution in [-0.4, -0.2) is 18.8 Å². The third kappa shape index (κ3) is 1.96. The van der Waals surface area contributed by atoms with Gasteiger partial charge in [-0.1, -0.05) is 12.1 Å². The zero-order chi connectivity index (χ0) is 8.97. The summed E-state index contributed by atoms with van der Waals surface area (Å²) in [6.45, 7) is 0.446. The summed E-state index contributed by atoms with van der Waals surface area (Å²) in [6, 6.07) is 6.85. The van der Waals surface area contributed by atoms with Crippen molar-refractivity contribution >= 4 is 0 Å². The first-order valence-electron chi connectivity index (χ1n) is 3.79. The molecule has 66 valence electrons. The number of phenols is 1. The van der Waals surface area contributed by atoms with E-state index in [0.29, 0.717) is 6.54 Å². The van der Waals surface area contributed by atoms with Gasteiger partial charge in [0.2, 0.25) is 0 Å². The molecule has 3 heteroatoms. The number of phenolic OH excluding ortho intramolecular Hbond substituents is 1. The quantitative estimate of drug-likeness (QED) is 0.707. The summed E-state index contributed by atoms with van der Waals surface area (Å²) in [5.74, 6) is 0.255. The predicted octanol–water partition coefficient (Wildman–Crippen LogP) is 1.04. The largest absolute Gasteiger partial charge is 0.508 e. The van der Waals surface area contributed by atoms with Gasteiger partial charge in [-0.3, -0.25) is 0 Å². The monoisotopic (exact) mass is 167 g/mol. The minimum atomic E-state index is -0.0781. The maximum atomic E-state index is 9.01. The molecule has 0 saturated heterocycles. The van der Waals surface area contributed by atoms with Gasteiger partial charge in [0.25, 0.3) is 0 Å². The second kappa shape index (κ2) is 4.09. The summed E-state index contributed by atoms with van der Waals surface area (Å²) in [7, 11) is 1.62. The van der Waals surface area contributed by atoms with Crippen molar-refractivity contribution in [1.29, 1.82) is 0 Å². The van der Waals surface area contributed by atoms with Gasteiger partial charge in [-0.05, 0) is 17.7 Å². The first kappa shape index (κ1) is 9.03. The van der Waals surface area contributed by atoms with Crippen LogP contribution in [0.4, 0.5) is 0 Å². The molecule has 1 aromatic rings. The van der Waals surface area contributed by atoms with Gasteiger partial charge in [-0.2, -0.15) is 0 Å². The van der Waals surface area contributed by atoms with Gasteiger partial charge in [0.05, 0.1) is 6.10 Å². The highest BCUT2D eigenvalue weighted by atomic mass is 16.5. The van der Waals surface area contributed by atoms with Crippen molar-refractivity contribution in [3.8, 4) is 5.75 Å². The molecule has 12 heavy (non-hydrogen) atoms. The van der Waals surface area contributed by atoms with E-state index in [1.165, 1.54) is 0 Å². The Hall–Kier alpha value is -1.06. The normalized spacial score (nSPS) is 12.8. The lowest BCUT2D eigenvalue weighted by molar-refractivity contribution is 0.110. The average molecular weight is 167 g/mol. The van der Waals surface area contributed by atoms with Crippen LogP contribution < -0.4 is 5.73 Å². The van der Waals surface area contributed by atoms with Crippen molar-refractivity contribution in [3.05, 3.63) is 29.8 Å². The number of nitrogens with two attached hydrogens (primary N) is 1. The molecule has 0 fully saturated rings. The summed E-state index contributed by atoms with van der Waals surface area (Å²) in [5.41, 5.74) is 6.45. The molecule has 0 aliphatic carbocycles. The number of rotatable bonds is 3. The highest BCUT2D eigenvalue weighted by molar-refractivity contribution is 5.27. The number of methoxy groups -OCH3 is 1. The average Bonchev–Trinajstić information content (AvgIpc) is 2.10.